The highest BCUT2D eigenvalue weighted by Crippen LogP contribution is 2.33. The maximum Gasteiger partial charge on any atom is 0.437 e. The molecule has 4 nitrogen and oxygen atoms in total. The van der Waals surface area contributed by atoms with Crippen LogP contribution in [0.15, 0.2) is 4.42 Å². The fraction of sp³-hybridized carbons (Fsp3) is 0.429. The summed E-state index contributed by atoms with van der Waals surface area (Å²) in [5, 5.41) is 8.33. The zero-order chi connectivity index (χ0) is 13.4. The number of rotatable bonds is 2. The van der Waals surface area contributed by atoms with Gasteiger partial charge >= 0.3 is 18.3 Å². The van der Waals surface area contributed by atoms with Gasteiger partial charge in [-0.3, -0.25) is 0 Å². The smallest absolute Gasteiger partial charge is 0.437 e. The van der Waals surface area contributed by atoms with Crippen LogP contribution in [0.5, 0.6) is 0 Å². The maximum absolute atomic E-state index is 12.2. The molecule has 17 heavy (non-hydrogen) atoms. The Morgan fingerprint density at radius 1 is 1.24 bits per heavy atom. The van der Waals surface area contributed by atoms with E-state index in [1.807, 2.05) is 0 Å². The fourth-order valence-corrected chi connectivity index (χ4v) is 0.949. The second-order valence-electron chi connectivity index (χ2n) is 2.88. The van der Waals surface area contributed by atoms with E-state index < -0.39 is 42.1 Å². The van der Waals surface area contributed by atoms with Gasteiger partial charge in [0, 0.05) is 0 Å². The lowest BCUT2D eigenvalue weighted by molar-refractivity contribution is -0.142. The summed E-state index contributed by atoms with van der Waals surface area (Å²) in [7, 11) is 0. The average Bonchev–Trinajstić information content (AvgIpc) is 2.43. The van der Waals surface area contributed by atoms with Gasteiger partial charge in [0.2, 0.25) is 11.7 Å². The Labute approximate surface area is 88.9 Å². The second kappa shape index (κ2) is 3.93. The predicted molar refractivity (Wildman–Crippen MR) is 38.2 cm³/mol. The molecule has 10 heteroatoms. The van der Waals surface area contributed by atoms with E-state index in [-0.39, 0.29) is 0 Å². The van der Waals surface area contributed by atoms with Gasteiger partial charge in [0.05, 0.1) is 0 Å². The van der Waals surface area contributed by atoms with Crippen molar-refractivity contribution in [2.45, 2.75) is 18.8 Å². The number of hydrogen-bond donors (Lipinski definition) is 1. The van der Waals surface area contributed by atoms with Gasteiger partial charge in [0.15, 0.2) is 5.69 Å². The third-order valence-electron chi connectivity index (χ3n) is 1.49. The summed E-state index contributed by atoms with van der Waals surface area (Å²) in [5.41, 5.74) is -1.98. The number of hydrogen-bond acceptors (Lipinski definition) is 3. The highest BCUT2D eigenvalue weighted by molar-refractivity contribution is 5.85. The number of carboxylic acids is 1. The van der Waals surface area contributed by atoms with Crippen molar-refractivity contribution >= 4 is 5.97 Å². The Bertz CT molecular complexity index is 432. The monoisotopic (exact) mass is 263 g/mol. The lowest BCUT2D eigenvalue weighted by atomic mass is 10.3. The molecule has 0 atom stereocenters. The van der Waals surface area contributed by atoms with Crippen molar-refractivity contribution in [1.29, 1.82) is 0 Å². The molecule has 0 radical (unpaired) electrons. The Kier molecular flexibility index (Phi) is 3.08. The van der Waals surface area contributed by atoms with E-state index in [0.717, 1.165) is 0 Å². The van der Waals surface area contributed by atoms with Gasteiger partial charge in [-0.15, -0.1) is 0 Å². The summed E-state index contributed by atoms with van der Waals surface area (Å²) >= 11 is 0. The van der Waals surface area contributed by atoms with Crippen LogP contribution in [0.3, 0.4) is 0 Å². The minimum atomic E-state index is -5.19. The first kappa shape index (κ1) is 13.3. The summed E-state index contributed by atoms with van der Waals surface area (Å²) in [6.07, 6.45) is -11.9. The number of oxazole rings is 1. The first-order valence-corrected chi connectivity index (χ1v) is 3.87. The molecule has 0 spiro atoms. The summed E-state index contributed by atoms with van der Waals surface area (Å²) < 4.78 is 76.0. The summed E-state index contributed by atoms with van der Waals surface area (Å²) in [6, 6.07) is 0. The van der Waals surface area contributed by atoms with E-state index in [1.54, 1.807) is 0 Å². The first-order valence-electron chi connectivity index (χ1n) is 3.87. The Balaban J connectivity index is 3.18. The highest BCUT2D eigenvalue weighted by Gasteiger charge is 2.42. The molecule has 0 aliphatic rings. The first-order chi connectivity index (χ1) is 7.50. The Morgan fingerprint density at radius 3 is 2.06 bits per heavy atom. The van der Waals surface area contributed by atoms with E-state index >= 15 is 0 Å². The molecule has 0 aliphatic heterocycles. The van der Waals surface area contributed by atoms with Crippen LogP contribution in [-0.2, 0) is 12.6 Å². The number of nitrogens with zero attached hydrogens (tertiary/aromatic N) is 1. The molecule has 0 aliphatic carbocycles. The number of halogens is 6. The van der Waals surface area contributed by atoms with E-state index in [1.165, 1.54) is 0 Å². The van der Waals surface area contributed by atoms with Gasteiger partial charge in [-0.05, 0) is 0 Å². The van der Waals surface area contributed by atoms with E-state index in [2.05, 4.69) is 9.40 Å². The number of alkyl halides is 6. The molecule has 0 fully saturated rings. The maximum atomic E-state index is 12.2. The van der Waals surface area contributed by atoms with Gasteiger partial charge < -0.3 is 9.52 Å². The van der Waals surface area contributed by atoms with Crippen molar-refractivity contribution < 1.29 is 40.7 Å². The molecule has 0 saturated carbocycles. The highest BCUT2D eigenvalue weighted by atomic mass is 19.4. The summed E-state index contributed by atoms with van der Waals surface area (Å²) in [4.78, 5) is 12.8. The predicted octanol–water partition coefficient (Wildman–Crippen LogP) is 2.50. The van der Waals surface area contributed by atoms with Crippen LogP contribution in [0.4, 0.5) is 26.3 Å². The molecule has 0 unspecified atom stereocenters. The van der Waals surface area contributed by atoms with Gasteiger partial charge in [-0.25, -0.2) is 9.78 Å². The molecule has 1 rings (SSSR count). The Morgan fingerprint density at radius 2 is 1.76 bits per heavy atom. The lowest BCUT2D eigenvalue weighted by Gasteiger charge is -2.01. The topological polar surface area (TPSA) is 63.3 Å². The van der Waals surface area contributed by atoms with Crippen molar-refractivity contribution in [2.24, 2.45) is 0 Å². The minimum absolute atomic E-state index is 1.35. The van der Waals surface area contributed by atoms with E-state index in [0.29, 0.717) is 0 Å². The molecular formula is C7H3F6NO3. The van der Waals surface area contributed by atoms with Crippen LogP contribution in [-0.4, -0.2) is 22.2 Å². The molecule has 1 N–H and O–H groups in total. The molecule has 0 bridgehead atoms. The van der Waals surface area contributed by atoms with Crippen molar-refractivity contribution in [3.8, 4) is 0 Å². The van der Waals surface area contributed by atoms with Crippen molar-refractivity contribution in [2.75, 3.05) is 0 Å². The van der Waals surface area contributed by atoms with E-state index in [4.69, 9.17) is 5.11 Å². The van der Waals surface area contributed by atoms with Crippen molar-refractivity contribution in [1.82, 2.24) is 4.98 Å². The molecule has 0 saturated heterocycles. The standard InChI is InChI=1S/C7H3F6NO3/c8-6(9,10)1-2-14-4(7(11,12)13)3(17-2)5(15)16/h1H2,(H,15,16). The largest absolute Gasteiger partial charge is 0.475 e. The number of carboxylic acid groups (broad SMARTS) is 1. The fourth-order valence-electron chi connectivity index (χ4n) is 0.949. The molecule has 96 valence electrons. The minimum Gasteiger partial charge on any atom is -0.475 e. The van der Waals surface area contributed by atoms with Crippen LogP contribution in [0.1, 0.15) is 22.1 Å². The Hall–Kier alpha value is -1.74. The third-order valence-corrected chi connectivity index (χ3v) is 1.49. The van der Waals surface area contributed by atoms with Gasteiger partial charge in [0.1, 0.15) is 6.42 Å². The van der Waals surface area contributed by atoms with Crippen LogP contribution >= 0.6 is 0 Å². The van der Waals surface area contributed by atoms with Crippen molar-refractivity contribution in [3.05, 3.63) is 17.3 Å². The molecule has 0 amide bonds. The third kappa shape index (κ3) is 3.36. The summed E-state index contributed by atoms with van der Waals surface area (Å²) in [5.74, 6) is -5.14. The normalized spacial score (nSPS) is 12.8. The van der Waals surface area contributed by atoms with Crippen LogP contribution in [0, 0.1) is 0 Å². The zero-order valence-corrected chi connectivity index (χ0v) is 7.69. The molecular weight excluding hydrogens is 260 g/mol. The number of aromatic carboxylic acids is 1. The van der Waals surface area contributed by atoms with Crippen molar-refractivity contribution in [3.63, 3.8) is 0 Å². The van der Waals surface area contributed by atoms with Crippen LogP contribution < -0.4 is 0 Å². The number of carbonyl (C=O) groups is 1. The molecule has 1 aromatic heterocycles. The van der Waals surface area contributed by atoms with Gasteiger partial charge in [-0.1, -0.05) is 0 Å². The quantitative estimate of drug-likeness (QED) is 0.832. The van der Waals surface area contributed by atoms with E-state index in [9.17, 15) is 31.1 Å². The second-order valence-corrected chi connectivity index (χ2v) is 2.88. The molecule has 0 aromatic carbocycles. The lowest BCUT2D eigenvalue weighted by Crippen LogP contribution is -2.13. The van der Waals surface area contributed by atoms with Crippen LogP contribution in [0.2, 0.25) is 0 Å². The number of aromatic nitrogens is 1. The summed E-state index contributed by atoms with van der Waals surface area (Å²) in [6.45, 7) is 0. The molecule has 1 heterocycles. The SMILES string of the molecule is O=C(O)c1oc(CC(F)(F)F)nc1C(F)(F)F. The zero-order valence-electron chi connectivity index (χ0n) is 7.69. The van der Waals surface area contributed by atoms with Gasteiger partial charge in [0.25, 0.3) is 0 Å². The van der Waals surface area contributed by atoms with Gasteiger partial charge in [-0.2, -0.15) is 26.3 Å². The average molecular weight is 263 g/mol. The molecule has 1 aromatic rings. The van der Waals surface area contributed by atoms with Crippen LogP contribution in [0.25, 0.3) is 0 Å².